The molecule has 30 heavy (non-hydrogen) atoms. The van der Waals surface area contributed by atoms with Gasteiger partial charge in [0.1, 0.15) is 24.3 Å². The molecule has 0 fully saturated rings. The summed E-state index contributed by atoms with van der Waals surface area (Å²) < 4.78 is 35.3. The van der Waals surface area contributed by atoms with E-state index in [0.717, 1.165) is 11.8 Å². The molecule has 0 aliphatic rings. The molecule has 0 atom stereocenters. The minimum atomic E-state index is -3.27. The van der Waals surface area contributed by atoms with Gasteiger partial charge in [-0.05, 0) is 57.2 Å². The second-order valence-electron chi connectivity index (χ2n) is 7.72. The Labute approximate surface area is 175 Å². The highest BCUT2D eigenvalue weighted by Crippen LogP contribution is 2.22. The van der Waals surface area contributed by atoms with E-state index in [0.29, 0.717) is 17.1 Å². The van der Waals surface area contributed by atoms with E-state index in [1.54, 1.807) is 45.2 Å². The lowest BCUT2D eigenvalue weighted by atomic mass is 10.1. The highest BCUT2D eigenvalue weighted by atomic mass is 32.2. The molecule has 2 heterocycles. The zero-order valence-electron chi connectivity index (χ0n) is 17.2. The van der Waals surface area contributed by atoms with Gasteiger partial charge in [0.2, 0.25) is 0 Å². The Morgan fingerprint density at radius 1 is 1.07 bits per heavy atom. The third kappa shape index (κ3) is 5.66. The van der Waals surface area contributed by atoms with E-state index < -0.39 is 21.5 Å². The molecule has 3 aromatic rings. The van der Waals surface area contributed by atoms with Gasteiger partial charge in [0.05, 0.1) is 16.3 Å². The van der Waals surface area contributed by atoms with Crippen LogP contribution in [0.3, 0.4) is 0 Å². The van der Waals surface area contributed by atoms with Gasteiger partial charge < -0.3 is 9.47 Å². The zero-order valence-corrected chi connectivity index (χ0v) is 18.0. The van der Waals surface area contributed by atoms with E-state index in [1.165, 1.54) is 23.2 Å². The fraction of sp³-hybridized carbons (Fsp3) is 0.286. The van der Waals surface area contributed by atoms with Gasteiger partial charge in [-0.25, -0.2) is 22.8 Å². The third-order valence-corrected chi connectivity index (χ3v) is 5.05. The highest BCUT2D eigenvalue weighted by Gasteiger charge is 2.18. The first-order chi connectivity index (χ1) is 14.0. The molecular weight excluding hydrogens is 406 g/mol. The van der Waals surface area contributed by atoms with E-state index in [4.69, 9.17) is 9.47 Å². The maximum Gasteiger partial charge on any atom is 0.419 e. The van der Waals surface area contributed by atoms with Crippen LogP contribution in [0.1, 0.15) is 26.5 Å². The summed E-state index contributed by atoms with van der Waals surface area (Å²) in [5.41, 5.74) is 1.48. The predicted octanol–water partition coefficient (Wildman–Crippen LogP) is 3.71. The number of benzene rings is 1. The molecule has 0 aliphatic heterocycles. The normalized spacial score (nSPS) is 11.9. The van der Waals surface area contributed by atoms with Crippen LogP contribution >= 0.6 is 0 Å². The molecule has 9 heteroatoms. The van der Waals surface area contributed by atoms with Gasteiger partial charge in [0.15, 0.2) is 9.84 Å². The average Bonchev–Trinajstić information content (AvgIpc) is 3.15. The predicted molar refractivity (Wildman–Crippen MR) is 111 cm³/mol. The Hall–Kier alpha value is -3.20. The largest absolute Gasteiger partial charge is 0.487 e. The summed E-state index contributed by atoms with van der Waals surface area (Å²) in [6.07, 6.45) is 4.99. The summed E-state index contributed by atoms with van der Waals surface area (Å²) >= 11 is 0. The number of hydrogen-bond donors (Lipinski definition) is 0. The monoisotopic (exact) mass is 429 g/mol. The summed E-state index contributed by atoms with van der Waals surface area (Å²) in [7, 11) is -3.27. The van der Waals surface area contributed by atoms with Crippen LogP contribution in [0, 0.1) is 0 Å². The van der Waals surface area contributed by atoms with E-state index in [1.807, 2.05) is 12.1 Å². The molecule has 0 unspecified atom stereocenters. The van der Waals surface area contributed by atoms with Crippen LogP contribution in [-0.2, 0) is 21.2 Å². The van der Waals surface area contributed by atoms with Crippen molar-refractivity contribution < 1.29 is 22.7 Å². The Balaban J connectivity index is 1.62. The maximum atomic E-state index is 12.1. The number of hydrogen-bond acceptors (Lipinski definition) is 7. The zero-order chi connectivity index (χ0) is 21.9. The van der Waals surface area contributed by atoms with Gasteiger partial charge in [-0.3, -0.25) is 4.98 Å². The molecular formula is C21H23N3O5S. The summed E-state index contributed by atoms with van der Waals surface area (Å²) in [4.78, 5) is 20.6. The molecule has 0 saturated carbocycles. The van der Waals surface area contributed by atoms with Crippen LogP contribution < -0.4 is 4.74 Å². The standard InChI is InChI=1S/C21H23N3O5S/c1-21(2,3)29-20(25)24-12-19(23-14-24)15-5-8-17(9-6-15)28-13-16-7-10-18(11-22-16)30(4,26)27/h5-12,14H,13H2,1-4H3. The molecule has 0 radical (unpaired) electrons. The lowest BCUT2D eigenvalue weighted by Gasteiger charge is -2.19. The highest BCUT2D eigenvalue weighted by molar-refractivity contribution is 7.90. The molecule has 0 saturated heterocycles. The first kappa shape index (κ1) is 21.5. The number of ether oxygens (including phenoxy) is 2. The Morgan fingerprint density at radius 3 is 2.33 bits per heavy atom. The summed E-state index contributed by atoms with van der Waals surface area (Å²) in [6.45, 7) is 5.61. The maximum absolute atomic E-state index is 12.1. The van der Waals surface area contributed by atoms with Crippen LogP contribution in [-0.4, -0.2) is 40.9 Å². The van der Waals surface area contributed by atoms with Gasteiger partial charge in [-0.15, -0.1) is 0 Å². The van der Waals surface area contributed by atoms with Crippen molar-refractivity contribution in [3.8, 4) is 17.0 Å². The fourth-order valence-corrected chi connectivity index (χ4v) is 3.04. The second kappa shape index (κ2) is 8.27. The topological polar surface area (TPSA) is 100 Å². The van der Waals surface area contributed by atoms with E-state index in [-0.39, 0.29) is 11.5 Å². The van der Waals surface area contributed by atoms with Gasteiger partial charge in [0, 0.05) is 24.2 Å². The number of imidazole rings is 1. The van der Waals surface area contributed by atoms with Crippen molar-refractivity contribution in [2.45, 2.75) is 37.9 Å². The number of sulfone groups is 1. The SMILES string of the molecule is CC(C)(C)OC(=O)n1cnc(-c2ccc(OCc3ccc(S(C)(=O)=O)cn3)cc2)c1. The van der Waals surface area contributed by atoms with E-state index >= 15 is 0 Å². The summed E-state index contributed by atoms with van der Waals surface area (Å²) in [5.74, 6) is 0.624. The molecule has 0 bridgehead atoms. The third-order valence-electron chi connectivity index (χ3n) is 3.95. The van der Waals surface area contributed by atoms with Crippen LogP contribution in [0.5, 0.6) is 5.75 Å². The lowest BCUT2D eigenvalue weighted by Crippen LogP contribution is -2.26. The number of carbonyl (C=O) groups is 1. The molecule has 2 aromatic heterocycles. The minimum absolute atomic E-state index is 0.168. The number of rotatable bonds is 5. The smallest absolute Gasteiger partial charge is 0.419 e. The molecule has 0 aliphatic carbocycles. The van der Waals surface area contributed by atoms with Crippen molar-refractivity contribution in [1.29, 1.82) is 0 Å². The fourth-order valence-electron chi connectivity index (χ4n) is 2.48. The Morgan fingerprint density at radius 2 is 1.77 bits per heavy atom. The Kier molecular flexibility index (Phi) is 5.93. The Bertz CT molecular complexity index is 1130. The van der Waals surface area contributed by atoms with Crippen molar-refractivity contribution in [1.82, 2.24) is 14.5 Å². The lowest BCUT2D eigenvalue weighted by molar-refractivity contribution is 0.0536. The average molecular weight is 429 g/mol. The number of nitrogens with zero attached hydrogens (tertiary/aromatic N) is 3. The van der Waals surface area contributed by atoms with Crippen molar-refractivity contribution in [2.24, 2.45) is 0 Å². The van der Waals surface area contributed by atoms with Gasteiger partial charge >= 0.3 is 6.09 Å². The number of pyridine rings is 1. The van der Waals surface area contributed by atoms with Crippen LogP contribution in [0.15, 0.2) is 60.0 Å². The molecule has 8 nitrogen and oxygen atoms in total. The van der Waals surface area contributed by atoms with Crippen molar-refractivity contribution in [3.63, 3.8) is 0 Å². The quantitative estimate of drug-likeness (QED) is 0.609. The van der Waals surface area contributed by atoms with Gasteiger partial charge in [0.25, 0.3) is 0 Å². The van der Waals surface area contributed by atoms with Crippen molar-refractivity contribution in [2.75, 3.05) is 6.26 Å². The van der Waals surface area contributed by atoms with Crippen LogP contribution in [0.4, 0.5) is 4.79 Å². The second-order valence-corrected chi connectivity index (χ2v) is 9.73. The molecule has 0 N–H and O–H groups in total. The number of carbonyl (C=O) groups excluding carboxylic acids is 1. The molecule has 1 aromatic carbocycles. The molecule has 0 amide bonds. The van der Waals surface area contributed by atoms with Gasteiger partial charge in [-0.1, -0.05) is 0 Å². The van der Waals surface area contributed by atoms with Crippen molar-refractivity contribution >= 4 is 15.9 Å². The van der Waals surface area contributed by atoms with E-state index in [2.05, 4.69) is 9.97 Å². The van der Waals surface area contributed by atoms with Crippen LogP contribution in [0.25, 0.3) is 11.3 Å². The first-order valence-electron chi connectivity index (χ1n) is 9.17. The van der Waals surface area contributed by atoms with Crippen LogP contribution in [0.2, 0.25) is 0 Å². The molecule has 3 rings (SSSR count). The molecule has 158 valence electrons. The summed E-state index contributed by atoms with van der Waals surface area (Å²) in [5, 5.41) is 0. The van der Waals surface area contributed by atoms with Crippen molar-refractivity contribution in [3.05, 3.63) is 60.8 Å². The van der Waals surface area contributed by atoms with E-state index in [9.17, 15) is 13.2 Å². The first-order valence-corrected chi connectivity index (χ1v) is 11.1. The van der Waals surface area contributed by atoms with Gasteiger partial charge in [-0.2, -0.15) is 0 Å². The summed E-state index contributed by atoms with van der Waals surface area (Å²) in [6, 6.07) is 10.4. The minimum Gasteiger partial charge on any atom is -0.487 e. The molecule has 0 spiro atoms. The number of aromatic nitrogens is 3.